The van der Waals surface area contributed by atoms with E-state index in [0.29, 0.717) is 0 Å². The molecule has 0 radical (unpaired) electrons. The molecule has 0 atom stereocenters. The molecule has 0 aromatic heterocycles. The number of amides is 1. The zero-order valence-corrected chi connectivity index (χ0v) is 12.5. The average molecular weight is 296 g/mol. The van der Waals surface area contributed by atoms with Gasteiger partial charge in [-0.3, -0.25) is 4.79 Å². The third-order valence-corrected chi connectivity index (χ3v) is 3.06. The maximum absolute atomic E-state index is 11.8. The zero-order chi connectivity index (χ0) is 15.8. The van der Waals surface area contributed by atoms with Crippen LogP contribution in [0.2, 0.25) is 0 Å². The number of benzene rings is 2. The molecule has 0 aliphatic rings. The molecule has 2 aromatic rings. The number of guanidine groups is 1. The summed E-state index contributed by atoms with van der Waals surface area (Å²) in [7, 11) is 0. The van der Waals surface area contributed by atoms with E-state index in [9.17, 15) is 4.79 Å². The highest BCUT2D eigenvalue weighted by Gasteiger charge is 2.02. The smallest absolute Gasteiger partial charge is 0.246 e. The third-order valence-electron chi connectivity index (χ3n) is 3.06. The molecule has 0 unspecified atom stereocenters. The summed E-state index contributed by atoms with van der Waals surface area (Å²) in [5.74, 6) is 0.00900. The molecule has 0 aliphatic carbocycles. The summed E-state index contributed by atoms with van der Waals surface area (Å²) in [6.07, 6.45) is 0.950. The second kappa shape index (κ2) is 7.83. The van der Waals surface area contributed by atoms with E-state index in [4.69, 9.17) is 5.73 Å². The molecule has 0 bridgehead atoms. The highest BCUT2D eigenvalue weighted by molar-refractivity contribution is 5.97. The van der Waals surface area contributed by atoms with Crippen LogP contribution in [-0.4, -0.2) is 18.4 Å². The number of para-hydroxylation sites is 1. The van der Waals surface area contributed by atoms with Crippen LogP contribution < -0.4 is 16.4 Å². The van der Waals surface area contributed by atoms with Gasteiger partial charge in [0, 0.05) is 11.4 Å². The lowest BCUT2D eigenvalue weighted by molar-refractivity contribution is -0.114. The van der Waals surface area contributed by atoms with Gasteiger partial charge in [0.05, 0.1) is 0 Å². The lowest BCUT2D eigenvalue weighted by Gasteiger charge is -2.07. The molecule has 0 saturated carbocycles. The van der Waals surface area contributed by atoms with Crippen LogP contribution in [0.4, 0.5) is 11.4 Å². The Morgan fingerprint density at radius 2 is 1.77 bits per heavy atom. The van der Waals surface area contributed by atoms with Gasteiger partial charge in [-0.15, -0.1) is 0 Å². The van der Waals surface area contributed by atoms with Crippen LogP contribution in [0.25, 0.3) is 0 Å². The van der Waals surface area contributed by atoms with Crippen LogP contribution in [0.1, 0.15) is 12.5 Å². The van der Waals surface area contributed by atoms with Crippen molar-refractivity contribution >= 4 is 23.2 Å². The summed E-state index contributed by atoms with van der Waals surface area (Å²) in [5.41, 5.74) is 8.61. The lowest BCUT2D eigenvalue weighted by Crippen LogP contribution is -2.25. The summed E-state index contributed by atoms with van der Waals surface area (Å²) < 4.78 is 0. The van der Waals surface area contributed by atoms with Crippen LogP contribution in [0.15, 0.2) is 59.6 Å². The molecule has 0 heterocycles. The van der Waals surface area contributed by atoms with Gasteiger partial charge in [-0.1, -0.05) is 37.3 Å². The van der Waals surface area contributed by atoms with Crippen molar-refractivity contribution in [2.45, 2.75) is 13.3 Å². The molecule has 2 rings (SSSR count). The number of nitrogens with one attached hydrogen (secondary N) is 2. The number of nitrogens with two attached hydrogens (primary N) is 1. The van der Waals surface area contributed by atoms with Gasteiger partial charge in [0.15, 0.2) is 5.96 Å². The second-order valence-corrected chi connectivity index (χ2v) is 4.79. The fourth-order valence-corrected chi connectivity index (χ4v) is 1.94. The van der Waals surface area contributed by atoms with E-state index >= 15 is 0 Å². The molecule has 0 spiro atoms. The Morgan fingerprint density at radius 3 is 2.50 bits per heavy atom. The predicted molar refractivity (Wildman–Crippen MR) is 91.0 cm³/mol. The quantitative estimate of drug-likeness (QED) is 0.586. The van der Waals surface area contributed by atoms with Crippen molar-refractivity contribution in [1.82, 2.24) is 0 Å². The monoisotopic (exact) mass is 296 g/mol. The van der Waals surface area contributed by atoms with E-state index in [-0.39, 0.29) is 18.4 Å². The normalized spacial score (nSPS) is 11.0. The highest BCUT2D eigenvalue weighted by Crippen LogP contribution is 2.10. The molecule has 114 valence electrons. The summed E-state index contributed by atoms with van der Waals surface area (Å²) in [4.78, 5) is 15.8. The first kappa shape index (κ1) is 15.6. The van der Waals surface area contributed by atoms with E-state index < -0.39 is 0 Å². The zero-order valence-electron chi connectivity index (χ0n) is 12.5. The first-order valence-corrected chi connectivity index (χ1v) is 7.18. The molecule has 5 heteroatoms. The predicted octanol–water partition coefficient (Wildman–Crippen LogP) is 2.61. The van der Waals surface area contributed by atoms with Gasteiger partial charge in [-0.25, -0.2) is 4.99 Å². The first-order valence-electron chi connectivity index (χ1n) is 7.18. The number of carbonyl (C=O) groups excluding carboxylic acids is 1. The Kier molecular flexibility index (Phi) is 5.54. The minimum Gasteiger partial charge on any atom is -0.370 e. The van der Waals surface area contributed by atoms with Crippen LogP contribution in [-0.2, 0) is 11.2 Å². The first-order chi connectivity index (χ1) is 10.7. The van der Waals surface area contributed by atoms with Crippen molar-refractivity contribution in [2.75, 3.05) is 17.2 Å². The van der Waals surface area contributed by atoms with Crippen LogP contribution in [0.3, 0.4) is 0 Å². The Bertz CT molecular complexity index is 653. The molecular weight excluding hydrogens is 276 g/mol. The standard InChI is InChI=1S/C17H20N4O/c1-2-13-7-6-10-15(11-13)21-17(18)19-12-16(22)20-14-8-4-3-5-9-14/h3-11H,2,12H2,1H3,(H,20,22)(H3,18,19,21). The summed E-state index contributed by atoms with van der Waals surface area (Å²) in [6.45, 7) is 2.06. The highest BCUT2D eigenvalue weighted by atomic mass is 16.1. The third kappa shape index (κ3) is 4.94. The average Bonchev–Trinajstić information content (AvgIpc) is 2.54. The van der Waals surface area contributed by atoms with Crippen molar-refractivity contribution in [3.8, 4) is 0 Å². The minimum atomic E-state index is -0.210. The van der Waals surface area contributed by atoms with Crippen molar-refractivity contribution in [2.24, 2.45) is 10.7 Å². The lowest BCUT2D eigenvalue weighted by atomic mass is 10.1. The number of carbonyl (C=O) groups is 1. The molecule has 1 amide bonds. The molecular formula is C17H20N4O. The van der Waals surface area contributed by atoms with Gasteiger partial charge in [-0.05, 0) is 36.2 Å². The number of aliphatic imine (C=N–C) groups is 1. The topological polar surface area (TPSA) is 79.5 Å². The van der Waals surface area contributed by atoms with Gasteiger partial charge in [0.1, 0.15) is 6.54 Å². The van der Waals surface area contributed by atoms with Crippen LogP contribution in [0, 0.1) is 0 Å². The van der Waals surface area contributed by atoms with E-state index in [1.54, 1.807) is 0 Å². The number of hydrogen-bond donors (Lipinski definition) is 3. The number of aryl methyl sites for hydroxylation is 1. The molecule has 0 aliphatic heterocycles. The molecule has 0 fully saturated rings. The molecule has 2 aromatic carbocycles. The van der Waals surface area contributed by atoms with Crippen molar-refractivity contribution in [3.05, 3.63) is 60.2 Å². The number of hydrogen-bond acceptors (Lipinski definition) is 2. The fourth-order valence-electron chi connectivity index (χ4n) is 1.94. The van der Waals surface area contributed by atoms with Gasteiger partial charge in [-0.2, -0.15) is 0 Å². The maximum atomic E-state index is 11.8. The van der Waals surface area contributed by atoms with Crippen molar-refractivity contribution in [1.29, 1.82) is 0 Å². The van der Waals surface area contributed by atoms with Crippen LogP contribution >= 0.6 is 0 Å². The number of nitrogens with zero attached hydrogens (tertiary/aromatic N) is 1. The molecule has 5 nitrogen and oxygen atoms in total. The van der Waals surface area contributed by atoms with E-state index in [2.05, 4.69) is 22.5 Å². The Hall–Kier alpha value is -2.82. The van der Waals surface area contributed by atoms with E-state index in [1.807, 2.05) is 54.6 Å². The van der Waals surface area contributed by atoms with Gasteiger partial charge in [0.2, 0.25) is 5.91 Å². The van der Waals surface area contributed by atoms with Gasteiger partial charge < -0.3 is 16.4 Å². The largest absolute Gasteiger partial charge is 0.370 e. The molecule has 0 saturated heterocycles. The number of rotatable bonds is 5. The van der Waals surface area contributed by atoms with Crippen molar-refractivity contribution < 1.29 is 4.79 Å². The Morgan fingerprint density at radius 1 is 1.05 bits per heavy atom. The SMILES string of the molecule is CCc1cccc(NC(N)=NCC(=O)Nc2ccccc2)c1. The fraction of sp³-hybridized carbons (Fsp3) is 0.176. The number of anilines is 2. The van der Waals surface area contributed by atoms with Crippen LogP contribution in [0.5, 0.6) is 0 Å². The van der Waals surface area contributed by atoms with E-state index in [0.717, 1.165) is 17.8 Å². The minimum absolute atomic E-state index is 0.0266. The Balaban J connectivity index is 1.88. The Labute approximate surface area is 130 Å². The van der Waals surface area contributed by atoms with Gasteiger partial charge in [0.25, 0.3) is 0 Å². The second-order valence-electron chi connectivity index (χ2n) is 4.79. The summed E-state index contributed by atoms with van der Waals surface area (Å²) >= 11 is 0. The maximum Gasteiger partial charge on any atom is 0.246 e. The van der Waals surface area contributed by atoms with Gasteiger partial charge >= 0.3 is 0 Å². The summed E-state index contributed by atoms with van der Waals surface area (Å²) in [6, 6.07) is 17.2. The molecule has 4 N–H and O–H groups in total. The summed E-state index contributed by atoms with van der Waals surface area (Å²) in [5, 5.41) is 5.73. The molecule has 22 heavy (non-hydrogen) atoms. The van der Waals surface area contributed by atoms with E-state index in [1.165, 1.54) is 5.56 Å². The van der Waals surface area contributed by atoms with Crippen molar-refractivity contribution in [3.63, 3.8) is 0 Å².